The Labute approximate surface area is 172 Å². The van der Waals surface area contributed by atoms with E-state index in [4.69, 9.17) is 4.52 Å². The second-order valence-electron chi connectivity index (χ2n) is 7.16. The molecule has 0 aliphatic heterocycles. The summed E-state index contributed by atoms with van der Waals surface area (Å²) < 4.78 is 4.74. The van der Waals surface area contributed by atoms with Crippen molar-refractivity contribution in [3.05, 3.63) is 106 Å². The molecule has 6 nitrogen and oxygen atoms in total. The lowest BCUT2D eigenvalue weighted by molar-refractivity contribution is -0.135. The Balaban J connectivity index is 1.71. The largest absolute Gasteiger partial charge is 0.375 e. The number of benzene rings is 3. The molecule has 0 radical (unpaired) electrons. The monoisotopic (exact) mass is 400 g/mol. The molecule has 0 bridgehead atoms. The van der Waals surface area contributed by atoms with E-state index in [1.165, 1.54) is 0 Å². The number of carbonyl (C=O) groups excluding carboxylic acids is 1. The van der Waals surface area contributed by atoms with Crippen molar-refractivity contribution in [3.8, 4) is 0 Å². The summed E-state index contributed by atoms with van der Waals surface area (Å²) >= 11 is 0. The summed E-state index contributed by atoms with van der Waals surface area (Å²) in [6.45, 7) is 1.71. The van der Waals surface area contributed by atoms with Gasteiger partial charge in [0.05, 0.1) is 11.1 Å². The average Bonchev–Trinajstić information content (AvgIpc) is 2.77. The van der Waals surface area contributed by atoms with E-state index in [1.807, 2.05) is 36.4 Å². The van der Waals surface area contributed by atoms with E-state index in [1.54, 1.807) is 49.4 Å². The highest BCUT2D eigenvalue weighted by Crippen LogP contribution is 2.28. The van der Waals surface area contributed by atoms with Crippen molar-refractivity contribution in [1.82, 2.24) is 5.16 Å². The molecule has 0 saturated carbocycles. The molecular formula is C24H20N2O4. The van der Waals surface area contributed by atoms with Gasteiger partial charge in [-0.3, -0.25) is 4.79 Å². The number of fused-ring (bicyclic) bond motifs is 1. The van der Waals surface area contributed by atoms with E-state index >= 15 is 0 Å². The Morgan fingerprint density at radius 1 is 1.00 bits per heavy atom. The highest BCUT2D eigenvalue weighted by Gasteiger charge is 2.38. The lowest BCUT2D eigenvalue weighted by atomic mass is 9.86. The quantitative estimate of drug-likeness (QED) is 0.534. The van der Waals surface area contributed by atoms with Crippen LogP contribution in [0.5, 0.6) is 0 Å². The van der Waals surface area contributed by atoms with E-state index in [-0.39, 0.29) is 6.42 Å². The van der Waals surface area contributed by atoms with Crippen molar-refractivity contribution in [2.24, 2.45) is 0 Å². The first-order valence-corrected chi connectivity index (χ1v) is 9.51. The molecule has 0 aliphatic rings. The minimum absolute atomic E-state index is 0.113. The molecule has 0 aliphatic carbocycles. The van der Waals surface area contributed by atoms with Crippen LogP contribution in [0.25, 0.3) is 10.8 Å². The highest BCUT2D eigenvalue weighted by molar-refractivity contribution is 6.00. The highest BCUT2D eigenvalue weighted by atomic mass is 16.5. The SMILES string of the molecule is Cc1noc(=O)c2ccc(NC(=O)C(O)(Cc3ccccc3)c3ccccc3)cc12. The maximum Gasteiger partial charge on any atom is 0.366 e. The molecule has 30 heavy (non-hydrogen) atoms. The van der Waals surface area contributed by atoms with Gasteiger partial charge in [-0.15, -0.1) is 0 Å². The molecule has 1 unspecified atom stereocenters. The molecule has 0 spiro atoms. The third-order valence-electron chi connectivity index (χ3n) is 5.08. The number of aromatic nitrogens is 1. The zero-order chi connectivity index (χ0) is 21.1. The summed E-state index contributed by atoms with van der Waals surface area (Å²) in [5, 5.41) is 19.0. The van der Waals surface area contributed by atoms with Crippen LogP contribution in [0.15, 0.2) is 88.2 Å². The molecule has 1 amide bonds. The maximum atomic E-state index is 13.3. The molecular weight excluding hydrogens is 380 g/mol. The molecule has 4 aromatic rings. The van der Waals surface area contributed by atoms with Gasteiger partial charge in [0.15, 0.2) is 5.60 Å². The Kier molecular flexibility index (Phi) is 5.16. The number of carbonyl (C=O) groups is 1. The third kappa shape index (κ3) is 3.73. The van der Waals surface area contributed by atoms with Gasteiger partial charge in [-0.05, 0) is 36.2 Å². The van der Waals surface area contributed by atoms with E-state index in [2.05, 4.69) is 10.5 Å². The second kappa shape index (κ2) is 7.93. The van der Waals surface area contributed by atoms with Crippen molar-refractivity contribution < 1.29 is 14.4 Å². The zero-order valence-electron chi connectivity index (χ0n) is 16.3. The molecule has 1 atom stereocenters. The van der Waals surface area contributed by atoms with Crippen LogP contribution in [0.1, 0.15) is 16.8 Å². The predicted molar refractivity (Wildman–Crippen MR) is 114 cm³/mol. The topological polar surface area (TPSA) is 92.4 Å². The van der Waals surface area contributed by atoms with Crippen LogP contribution in [0.4, 0.5) is 5.69 Å². The fourth-order valence-corrected chi connectivity index (χ4v) is 3.46. The van der Waals surface area contributed by atoms with Crippen LogP contribution in [0, 0.1) is 6.92 Å². The zero-order valence-corrected chi connectivity index (χ0v) is 16.3. The lowest BCUT2D eigenvalue weighted by Gasteiger charge is -2.28. The first kappa shape index (κ1) is 19.5. The van der Waals surface area contributed by atoms with Crippen LogP contribution in [-0.2, 0) is 16.8 Å². The normalized spacial score (nSPS) is 13.0. The summed E-state index contributed by atoms with van der Waals surface area (Å²) in [6.07, 6.45) is 0.113. The Morgan fingerprint density at radius 2 is 1.67 bits per heavy atom. The number of aliphatic hydroxyl groups is 1. The lowest BCUT2D eigenvalue weighted by Crippen LogP contribution is -2.42. The third-order valence-corrected chi connectivity index (χ3v) is 5.08. The number of aryl methyl sites for hydroxylation is 1. The number of amides is 1. The molecule has 0 saturated heterocycles. The number of nitrogens with zero attached hydrogens (tertiary/aromatic N) is 1. The van der Waals surface area contributed by atoms with Crippen molar-refractivity contribution in [3.63, 3.8) is 0 Å². The molecule has 2 N–H and O–H groups in total. The molecule has 0 fully saturated rings. The smallest absolute Gasteiger partial charge is 0.366 e. The second-order valence-corrected chi connectivity index (χ2v) is 7.16. The van der Waals surface area contributed by atoms with Gasteiger partial charge in [0.25, 0.3) is 5.91 Å². The van der Waals surface area contributed by atoms with Crippen molar-refractivity contribution >= 4 is 22.4 Å². The van der Waals surface area contributed by atoms with E-state index < -0.39 is 17.1 Å². The fourth-order valence-electron chi connectivity index (χ4n) is 3.46. The summed E-state index contributed by atoms with van der Waals surface area (Å²) in [7, 11) is 0. The van der Waals surface area contributed by atoms with Gasteiger partial charge in [-0.1, -0.05) is 65.8 Å². The number of nitrogens with one attached hydrogen (secondary N) is 1. The molecule has 150 valence electrons. The molecule has 1 heterocycles. The van der Waals surface area contributed by atoms with Crippen LogP contribution < -0.4 is 10.9 Å². The number of hydrogen-bond donors (Lipinski definition) is 2. The molecule has 4 rings (SSSR count). The van der Waals surface area contributed by atoms with Crippen molar-refractivity contribution in [2.75, 3.05) is 5.32 Å². The summed E-state index contributed by atoms with van der Waals surface area (Å²) in [6, 6.07) is 23.0. The Morgan fingerprint density at radius 3 is 2.37 bits per heavy atom. The summed E-state index contributed by atoms with van der Waals surface area (Å²) in [5.74, 6) is -0.564. The van der Waals surface area contributed by atoms with Gasteiger partial charge in [0, 0.05) is 17.5 Å². The predicted octanol–water partition coefficient (Wildman–Crippen LogP) is 3.57. The van der Waals surface area contributed by atoms with Crippen LogP contribution in [0.3, 0.4) is 0 Å². The van der Waals surface area contributed by atoms with Crippen LogP contribution in [0.2, 0.25) is 0 Å². The van der Waals surface area contributed by atoms with Gasteiger partial charge in [0.1, 0.15) is 0 Å². The first-order chi connectivity index (χ1) is 14.5. The standard InChI is InChI=1S/C24H20N2O4/c1-16-21-14-19(12-13-20(21)22(27)30-26-16)25-23(28)24(29,18-10-6-3-7-11-18)15-17-8-4-2-5-9-17/h2-14,29H,15H2,1H3,(H,25,28). The van der Waals surface area contributed by atoms with Crippen LogP contribution >= 0.6 is 0 Å². The number of anilines is 1. The van der Waals surface area contributed by atoms with Crippen molar-refractivity contribution in [1.29, 1.82) is 0 Å². The van der Waals surface area contributed by atoms with E-state index in [0.29, 0.717) is 27.7 Å². The summed E-state index contributed by atoms with van der Waals surface area (Å²) in [4.78, 5) is 25.1. The number of rotatable bonds is 5. The van der Waals surface area contributed by atoms with Gasteiger partial charge >= 0.3 is 5.63 Å². The van der Waals surface area contributed by atoms with E-state index in [9.17, 15) is 14.7 Å². The summed E-state index contributed by atoms with van der Waals surface area (Å²) in [5.41, 5.74) is -0.0199. The first-order valence-electron chi connectivity index (χ1n) is 9.51. The van der Waals surface area contributed by atoms with Crippen LogP contribution in [-0.4, -0.2) is 16.2 Å². The fraction of sp³-hybridized carbons (Fsp3) is 0.125. The number of hydrogen-bond acceptors (Lipinski definition) is 5. The average molecular weight is 400 g/mol. The van der Waals surface area contributed by atoms with Crippen molar-refractivity contribution in [2.45, 2.75) is 18.9 Å². The molecule has 3 aromatic carbocycles. The van der Waals surface area contributed by atoms with Gasteiger partial charge in [-0.25, -0.2) is 4.79 Å². The van der Waals surface area contributed by atoms with Gasteiger partial charge in [0.2, 0.25) is 0 Å². The van der Waals surface area contributed by atoms with E-state index in [0.717, 1.165) is 5.56 Å². The minimum atomic E-state index is -1.78. The van der Waals surface area contributed by atoms with Gasteiger partial charge in [-0.2, -0.15) is 0 Å². The minimum Gasteiger partial charge on any atom is -0.375 e. The maximum absolute atomic E-state index is 13.3. The Bertz CT molecular complexity index is 1250. The van der Waals surface area contributed by atoms with Gasteiger partial charge < -0.3 is 14.9 Å². The Hall–Kier alpha value is -3.77. The molecule has 1 aromatic heterocycles. The molecule has 6 heteroatoms.